The first kappa shape index (κ1) is 21.9. The van der Waals surface area contributed by atoms with Crippen LogP contribution in [0.15, 0.2) is 36.4 Å². The lowest BCUT2D eigenvalue weighted by atomic mass is 10.1. The Bertz CT molecular complexity index is 873. The van der Waals surface area contributed by atoms with Crippen LogP contribution < -0.4 is 20.3 Å². The molecule has 0 radical (unpaired) electrons. The summed E-state index contributed by atoms with van der Waals surface area (Å²) in [5.41, 5.74) is 6.82. The molecule has 150 valence electrons. The number of benzene rings is 2. The van der Waals surface area contributed by atoms with Gasteiger partial charge in [0.05, 0.1) is 5.02 Å². The van der Waals surface area contributed by atoms with Gasteiger partial charge in [0.25, 0.3) is 11.8 Å². The molecular weight excluding hydrogens is 403 g/mol. The smallest absolute Gasteiger partial charge is 0.279 e. The maximum Gasteiger partial charge on any atom is 0.279 e. The lowest BCUT2D eigenvalue weighted by Gasteiger charge is -2.18. The quantitative estimate of drug-likeness (QED) is 0.687. The molecule has 0 saturated carbocycles. The summed E-state index contributed by atoms with van der Waals surface area (Å²) in [5.74, 6) is -0.154. The predicted molar refractivity (Wildman–Crippen MR) is 109 cm³/mol. The van der Waals surface area contributed by atoms with Gasteiger partial charge >= 0.3 is 0 Å². The van der Waals surface area contributed by atoms with Crippen LogP contribution in [0.3, 0.4) is 0 Å². The Morgan fingerprint density at radius 3 is 2.04 bits per heavy atom. The molecule has 2 aromatic rings. The Labute approximate surface area is 174 Å². The summed E-state index contributed by atoms with van der Waals surface area (Å²) in [7, 11) is 0. The summed E-state index contributed by atoms with van der Waals surface area (Å²) >= 11 is 11.8. The van der Waals surface area contributed by atoms with Gasteiger partial charge in [-0.3, -0.25) is 20.4 Å². The molecule has 0 aromatic heterocycles. The van der Waals surface area contributed by atoms with Gasteiger partial charge in [-0.05, 0) is 69.2 Å². The number of amides is 2. The van der Waals surface area contributed by atoms with Crippen LogP contribution in [-0.2, 0) is 9.59 Å². The molecule has 0 spiro atoms. The first-order valence-electron chi connectivity index (χ1n) is 8.62. The van der Waals surface area contributed by atoms with E-state index in [0.717, 1.165) is 11.1 Å². The number of ether oxygens (including phenoxy) is 2. The van der Waals surface area contributed by atoms with E-state index in [0.29, 0.717) is 16.5 Å². The van der Waals surface area contributed by atoms with Gasteiger partial charge in [0.2, 0.25) is 0 Å². The average molecular weight is 425 g/mol. The van der Waals surface area contributed by atoms with E-state index >= 15 is 0 Å². The second-order valence-corrected chi connectivity index (χ2v) is 7.16. The number of rotatable bonds is 6. The maximum absolute atomic E-state index is 12.1. The first-order chi connectivity index (χ1) is 13.2. The van der Waals surface area contributed by atoms with E-state index in [9.17, 15) is 9.59 Å². The number of hydrogen-bond acceptors (Lipinski definition) is 4. The monoisotopic (exact) mass is 424 g/mol. The summed E-state index contributed by atoms with van der Waals surface area (Å²) in [6.07, 6.45) is -1.70. The van der Waals surface area contributed by atoms with Gasteiger partial charge in [-0.2, -0.15) is 0 Å². The van der Waals surface area contributed by atoms with E-state index in [1.54, 1.807) is 25.1 Å². The van der Waals surface area contributed by atoms with Crippen LogP contribution in [0.4, 0.5) is 0 Å². The van der Waals surface area contributed by atoms with Gasteiger partial charge in [-0.15, -0.1) is 0 Å². The predicted octanol–water partition coefficient (Wildman–Crippen LogP) is 3.99. The summed E-state index contributed by atoms with van der Waals surface area (Å²) in [6.45, 7) is 7.07. The number of nitrogens with one attached hydrogen (secondary N) is 2. The number of aryl methyl sites for hydroxylation is 2. The molecule has 0 heterocycles. The third-order valence-electron chi connectivity index (χ3n) is 4.04. The first-order valence-corrected chi connectivity index (χ1v) is 9.38. The third kappa shape index (κ3) is 6.04. The lowest BCUT2D eigenvalue weighted by Crippen LogP contribution is -2.50. The van der Waals surface area contributed by atoms with Crippen molar-refractivity contribution < 1.29 is 19.1 Å². The molecule has 0 aliphatic rings. The van der Waals surface area contributed by atoms with Crippen LogP contribution in [0.1, 0.15) is 25.0 Å². The molecule has 28 heavy (non-hydrogen) atoms. The van der Waals surface area contributed by atoms with Crippen molar-refractivity contribution in [2.24, 2.45) is 0 Å². The molecule has 2 atom stereocenters. The third-order valence-corrected chi connectivity index (χ3v) is 4.57. The Balaban J connectivity index is 1.84. The van der Waals surface area contributed by atoms with Gasteiger partial charge < -0.3 is 9.47 Å². The van der Waals surface area contributed by atoms with E-state index in [2.05, 4.69) is 10.9 Å². The molecule has 2 rings (SSSR count). The number of carbonyl (C=O) groups excluding carboxylic acids is 2. The molecule has 6 nitrogen and oxygen atoms in total. The van der Waals surface area contributed by atoms with Crippen molar-refractivity contribution in [1.29, 1.82) is 0 Å². The molecule has 2 unspecified atom stereocenters. The second-order valence-electron chi connectivity index (χ2n) is 6.32. The largest absolute Gasteiger partial charge is 0.481 e. The zero-order chi connectivity index (χ0) is 20.8. The molecule has 2 N–H and O–H groups in total. The number of halogens is 2. The number of carbonyl (C=O) groups is 2. The minimum absolute atomic E-state index is 0.284. The van der Waals surface area contributed by atoms with Crippen molar-refractivity contribution in [2.45, 2.75) is 39.9 Å². The molecule has 8 heteroatoms. The standard InChI is InChI=1S/C20H22Cl2N2O4/c1-11-5-7-16(9-12(11)2)27-13(3)19(25)23-24-20(26)14(4)28-18-8-6-15(21)10-17(18)22/h5-10,13-14H,1-4H3,(H,23,25)(H,24,26). The van der Waals surface area contributed by atoms with E-state index in [4.69, 9.17) is 32.7 Å². The fourth-order valence-electron chi connectivity index (χ4n) is 2.19. The fraction of sp³-hybridized carbons (Fsp3) is 0.300. The molecule has 2 amide bonds. The van der Waals surface area contributed by atoms with Crippen LogP contribution >= 0.6 is 23.2 Å². The van der Waals surface area contributed by atoms with Gasteiger partial charge in [-0.25, -0.2) is 0 Å². The molecule has 2 aromatic carbocycles. The van der Waals surface area contributed by atoms with Gasteiger partial charge in [-0.1, -0.05) is 29.3 Å². The summed E-state index contributed by atoms with van der Waals surface area (Å²) < 4.78 is 11.1. The number of hydrogen-bond donors (Lipinski definition) is 2. The van der Waals surface area contributed by atoms with E-state index < -0.39 is 24.0 Å². The van der Waals surface area contributed by atoms with Crippen molar-refractivity contribution in [1.82, 2.24) is 10.9 Å². The number of hydrazine groups is 1. The topological polar surface area (TPSA) is 76.7 Å². The zero-order valence-electron chi connectivity index (χ0n) is 16.0. The van der Waals surface area contributed by atoms with Gasteiger partial charge in [0.1, 0.15) is 11.5 Å². The minimum atomic E-state index is -0.894. The van der Waals surface area contributed by atoms with Crippen LogP contribution in [0.25, 0.3) is 0 Å². The molecule has 0 saturated heterocycles. The molecule has 0 aliphatic carbocycles. The highest BCUT2D eigenvalue weighted by Gasteiger charge is 2.20. The normalized spacial score (nSPS) is 12.6. The minimum Gasteiger partial charge on any atom is -0.481 e. The lowest BCUT2D eigenvalue weighted by molar-refractivity contribution is -0.135. The molecule has 0 aliphatic heterocycles. The fourth-order valence-corrected chi connectivity index (χ4v) is 2.64. The average Bonchev–Trinajstić information content (AvgIpc) is 2.64. The van der Waals surface area contributed by atoms with Crippen LogP contribution in [0.5, 0.6) is 11.5 Å². The van der Waals surface area contributed by atoms with Gasteiger partial charge in [0, 0.05) is 5.02 Å². The van der Waals surface area contributed by atoms with Crippen molar-refractivity contribution in [3.63, 3.8) is 0 Å². The summed E-state index contributed by atoms with van der Waals surface area (Å²) in [4.78, 5) is 24.3. The van der Waals surface area contributed by atoms with Crippen molar-refractivity contribution in [3.05, 3.63) is 57.6 Å². The van der Waals surface area contributed by atoms with Crippen LogP contribution in [0.2, 0.25) is 10.0 Å². The van der Waals surface area contributed by atoms with Crippen molar-refractivity contribution in [3.8, 4) is 11.5 Å². The van der Waals surface area contributed by atoms with E-state index in [-0.39, 0.29) is 5.02 Å². The SMILES string of the molecule is Cc1ccc(OC(C)C(=O)NNC(=O)C(C)Oc2ccc(Cl)cc2Cl)cc1C. The molecule has 0 bridgehead atoms. The Morgan fingerprint density at radius 1 is 0.857 bits per heavy atom. The van der Waals surface area contributed by atoms with E-state index in [1.807, 2.05) is 26.0 Å². The Morgan fingerprint density at radius 2 is 1.46 bits per heavy atom. The zero-order valence-corrected chi connectivity index (χ0v) is 17.5. The van der Waals surface area contributed by atoms with Crippen LogP contribution in [0, 0.1) is 13.8 Å². The Hall–Kier alpha value is -2.44. The summed E-state index contributed by atoms with van der Waals surface area (Å²) in [6, 6.07) is 10.2. The maximum atomic E-state index is 12.1. The van der Waals surface area contributed by atoms with Crippen LogP contribution in [-0.4, -0.2) is 24.0 Å². The van der Waals surface area contributed by atoms with Gasteiger partial charge in [0.15, 0.2) is 12.2 Å². The summed E-state index contributed by atoms with van der Waals surface area (Å²) in [5, 5.41) is 0.742. The Kier molecular flexibility index (Phi) is 7.54. The highest BCUT2D eigenvalue weighted by atomic mass is 35.5. The molecular formula is C20H22Cl2N2O4. The second kappa shape index (κ2) is 9.66. The highest BCUT2D eigenvalue weighted by molar-refractivity contribution is 6.35. The molecule has 0 fully saturated rings. The van der Waals surface area contributed by atoms with E-state index in [1.165, 1.54) is 13.0 Å². The van der Waals surface area contributed by atoms with Crippen molar-refractivity contribution in [2.75, 3.05) is 0 Å². The van der Waals surface area contributed by atoms with Crippen molar-refractivity contribution >= 4 is 35.0 Å². The highest BCUT2D eigenvalue weighted by Crippen LogP contribution is 2.28.